The van der Waals surface area contributed by atoms with Crippen LogP contribution in [-0.2, 0) is 6.54 Å². The van der Waals surface area contributed by atoms with Crippen molar-refractivity contribution in [3.63, 3.8) is 0 Å². The average Bonchev–Trinajstić information content (AvgIpc) is 2.69. The third kappa shape index (κ3) is 3.69. The van der Waals surface area contributed by atoms with Gasteiger partial charge in [-0.3, -0.25) is 4.79 Å². The van der Waals surface area contributed by atoms with Crippen molar-refractivity contribution < 1.29 is 18.4 Å². The van der Waals surface area contributed by atoms with Gasteiger partial charge < -0.3 is 15.5 Å². The number of piperidine rings is 1. The number of ketones is 1. The molecule has 5 nitrogen and oxygen atoms in total. The molecule has 0 bridgehead atoms. The number of halogens is 2. The van der Waals surface area contributed by atoms with Crippen LogP contribution in [0.2, 0.25) is 0 Å². The van der Waals surface area contributed by atoms with E-state index in [1.807, 2.05) is 0 Å². The number of likely N-dealkylation sites (tertiary alicyclic amines) is 1. The number of amides is 2. The third-order valence-electron chi connectivity index (χ3n) is 5.55. The zero-order chi connectivity index (χ0) is 19.7. The Morgan fingerprint density at radius 3 is 2.46 bits per heavy atom. The monoisotopic (exact) mass is 385 g/mol. The Balaban J connectivity index is 1.35. The van der Waals surface area contributed by atoms with Gasteiger partial charge in [-0.1, -0.05) is 12.1 Å². The molecule has 2 aromatic carbocycles. The van der Waals surface area contributed by atoms with E-state index in [4.69, 9.17) is 0 Å². The number of carbonyl (C=O) groups is 2. The van der Waals surface area contributed by atoms with Crippen molar-refractivity contribution in [2.75, 3.05) is 18.4 Å². The molecule has 1 spiro atoms. The summed E-state index contributed by atoms with van der Waals surface area (Å²) in [6.45, 7) is 1.37. The number of nitrogens with one attached hydrogen (secondary N) is 2. The quantitative estimate of drug-likeness (QED) is 0.829. The minimum Gasteiger partial charge on any atom is -0.378 e. The lowest BCUT2D eigenvalue weighted by Gasteiger charge is -2.45. The van der Waals surface area contributed by atoms with Gasteiger partial charge in [0.25, 0.3) is 0 Å². The van der Waals surface area contributed by atoms with Crippen molar-refractivity contribution in [3.8, 4) is 0 Å². The van der Waals surface area contributed by atoms with Crippen molar-refractivity contribution >= 4 is 17.5 Å². The van der Waals surface area contributed by atoms with Gasteiger partial charge in [-0.05, 0) is 48.7 Å². The van der Waals surface area contributed by atoms with Gasteiger partial charge in [-0.15, -0.1) is 0 Å². The van der Waals surface area contributed by atoms with Gasteiger partial charge in [-0.2, -0.15) is 0 Å². The van der Waals surface area contributed by atoms with Crippen LogP contribution >= 0.6 is 0 Å². The van der Waals surface area contributed by atoms with Gasteiger partial charge in [-0.25, -0.2) is 13.6 Å². The molecule has 0 radical (unpaired) electrons. The molecule has 4 rings (SSSR count). The van der Waals surface area contributed by atoms with Crippen LogP contribution in [0.25, 0.3) is 0 Å². The zero-order valence-corrected chi connectivity index (χ0v) is 15.3. The van der Waals surface area contributed by atoms with Crippen LogP contribution in [0.5, 0.6) is 0 Å². The van der Waals surface area contributed by atoms with Crippen molar-refractivity contribution in [3.05, 3.63) is 65.2 Å². The Labute approximate surface area is 161 Å². The molecule has 1 saturated heterocycles. The first-order chi connectivity index (χ1) is 13.4. The molecule has 0 saturated carbocycles. The fraction of sp³-hybridized carbons (Fsp3) is 0.333. The summed E-state index contributed by atoms with van der Waals surface area (Å²) in [5.41, 5.74) is 1.49. The number of hydrogen-bond donors (Lipinski definition) is 2. The van der Waals surface area contributed by atoms with Crippen LogP contribution in [-0.4, -0.2) is 35.3 Å². The van der Waals surface area contributed by atoms with Crippen LogP contribution in [0.15, 0.2) is 42.5 Å². The molecule has 0 aliphatic carbocycles. The van der Waals surface area contributed by atoms with Gasteiger partial charge in [0.1, 0.15) is 11.6 Å². The summed E-state index contributed by atoms with van der Waals surface area (Å²) in [4.78, 5) is 26.6. The first-order valence-electron chi connectivity index (χ1n) is 9.32. The summed E-state index contributed by atoms with van der Waals surface area (Å²) >= 11 is 0. The van der Waals surface area contributed by atoms with Gasteiger partial charge in [0.15, 0.2) is 5.78 Å². The summed E-state index contributed by atoms with van der Waals surface area (Å²) < 4.78 is 26.4. The molecule has 2 heterocycles. The van der Waals surface area contributed by atoms with Gasteiger partial charge in [0.05, 0.1) is 0 Å². The highest BCUT2D eigenvalue weighted by atomic mass is 19.1. The van der Waals surface area contributed by atoms with Crippen LogP contribution in [0.4, 0.5) is 19.3 Å². The Morgan fingerprint density at radius 2 is 1.75 bits per heavy atom. The molecule has 2 aromatic rings. The van der Waals surface area contributed by atoms with Crippen molar-refractivity contribution in [2.45, 2.75) is 31.3 Å². The number of anilines is 1. The fourth-order valence-corrected chi connectivity index (χ4v) is 3.92. The number of nitrogens with zero attached hydrogens (tertiary/aromatic N) is 1. The van der Waals surface area contributed by atoms with E-state index in [1.54, 1.807) is 23.1 Å². The van der Waals surface area contributed by atoms with E-state index < -0.39 is 11.4 Å². The number of urea groups is 1. The number of hydrogen-bond acceptors (Lipinski definition) is 3. The maximum Gasteiger partial charge on any atom is 0.317 e. The molecular weight excluding hydrogens is 364 g/mol. The molecule has 0 unspecified atom stereocenters. The highest BCUT2D eigenvalue weighted by Gasteiger charge is 2.41. The Morgan fingerprint density at radius 1 is 1.07 bits per heavy atom. The normalized spacial score (nSPS) is 17.8. The lowest BCUT2D eigenvalue weighted by molar-refractivity contribution is 0.0915. The minimum atomic E-state index is -0.419. The van der Waals surface area contributed by atoms with E-state index in [2.05, 4.69) is 10.6 Å². The summed E-state index contributed by atoms with van der Waals surface area (Å²) in [7, 11) is 0. The highest BCUT2D eigenvalue weighted by molar-refractivity contribution is 6.04. The van der Waals surface area contributed by atoms with Crippen LogP contribution in [0, 0.1) is 11.6 Å². The van der Waals surface area contributed by atoms with E-state index in [9.17, 15) is 18.4 Å². The molecule has 0 atom stereocenters. The maximum absolute atomic E-state index is 13.4. The van der Waals surface area contributed by atoms with E-state index in [0.29, 0.717) is 50.1 Å². The minimum absolute atomic E-state index is 0.0672. The highest BCUT2D eigenvalue weighted by Crippen LogP contribution is 2.37. The topological polar surface area (TPSA) is 61.4 Å². The molecule has 1 fully saturated rings. The summed E-state index contributed by atoms with van der Waals surface area (Å²) in [5, 5.41) is 6.26. The first kappa shape index (κ1) is 18.4. The van der Waals surface area contributed by atoms with Gasteiger partial charge in [0.2, 0.25) is 0 Å². The summed E-state index contributed by atoms with van der Waals surface area (Å²) in [6.07, 6.45) is 1.58. The van der Waals surface area contributed by atoms with Crippen molar-refractivity contribution in [2.24, 2.45) is 0 Å². The Bertz CT molecular complexity index is 906. The lowest BCUT2D eigenvalue weighted by Crippen LogP contribution is -2.55. The SMILES string of the molecule is O=C1CC2(CCN(C(=O)NCc3ccc(F)cc3)CC2)Nc2ccc(F)cc21. The molecule has 0 aromatic heterocycles. The van der Waals surface area contributed by atoms with E-state index in [1.165, 1.54) is 24.3 Å². The number of Topliss-reactive ketones (excluding diaryl/α,β-unsaturated/α-hetero) is 1. The predicted molar refractivity (Wildman–Crippen MR) is 101 cm³/mol. The van der Waals surface area contributed by atoms with E-state index in [-0.39, 0.29) is 17.6 Å². The van der Waals surface area contributed by atoms with E-state index in [0.717, 1.165) is 5.56 Å². The van der Waals surface area contributed by atoms with Crippen molar-refractivity contribution in [1.29, 1.82) is 0 Å². The molecular formula is C21H21F2N3O2. The molecule has 2 N–H and O–H groups in total. The smallest absolute Gasteiger partial charge is 0.317 e. The van der Waals surface area contributed by atoms with Crippen LogP contribution in [0.3, 0.4) is 0 Å². The first-order valence-corrected chi connectivity index (χ1v) is 9.32. The molecule has 146 valence electrons. The average molecular weight is 385 g/mol. The Hall–Kier alpha value is -2.96. The van der Waals surface area contributed by atoms with Gasteiger partial charge in [0, 0.05) is 42.8 Å². The zero-order valence-electron chi connectivity index (χ0n) is 15.3. The third-order valence-corrected chi connectivity index (χ3v) is 5.55. The summed E-state index contributed by atoms with van der Waals surface area (Å²) in [5.74, 6) is -0.796. The second kappa shape index (κ2) is 7.22. The maximum atomic E-state index is 13.4. The molecule has 2 amide bonds. The number of carbonyl (C=O) groups excluding carboxylic acids is 2. The molecule has 7 heteroatoms. The second-order valence-electron chi connectivity index (χ2n) is 7.47. The second-order valence-corrected chi connectivity index (χ2v) is 7.47. The molecule has 28 heavy (non-hydrogen) atoms. The predicted octanol–water partition coefficient (Wildman–Crippen LogP) is 3.71. The summed E-state index contributed by atoms with van der Waals surface area (Å²) in [6, 6.07) is 10.0. The number of rotatable bonds is 2. The lowest BCUT2D eigenvalue weighted by atomic mass is 9.78. The largest absolute Gasteiger partial charge is 0.378 e. The van der Waals surface area contributed by atoms with Crippen LogP contribution < -0.4 is 10.6 Å². The van der Waals surface area contributed by atoms with E-state index >= 15 is 0 Å². The van der Waals surface area contributed by atoms with Crippen LogP contribution in [0.1, 0.15) is 35.2 Å². The standard InChI is InChI=1S/C21H21F2N3O2/c22-15-3-1-14(2-4-15)13-24-20(28)26-9-7-21(8-10-26)12-19(27)17-11-16(23)5-6-18(17)25-21/h1-6,11,25H,7-10,12-13H2,(H,24,28). The molecule has 2 aliphatic heterocycles. The molecule has 2 aliphatic rings. The van der Waals surface area contributed by atoms with Gasteiger partial charge >= 0.3 is 6.03 Å². The number of benzene rings is 2. The van der Waals surface area contributed by atoms with Crippen molar-refractivity contribution in [1.82, 2.24) is 10.2 Å². The Kier molecular flexibility index (Phi) is 4.75. The fourth-order valence-electron chi connectivity index (χ4n) is 3.92. The number of fused-ring (bicyclic) bond motifs is 1.